The number of fused-ring (bicyclic) bond motifs is 1. The monoisotopic (exact) mass is 201 g/mol. The van der Waals surface area contributed by atoms with Gasteiger partial charge >= 0.3 is 0 Å². The van der Waals surface area contributed by atoms with E-state index in [1.54, 1.807) is 12.1 Å². The van der Waals surface area contributed by atoms with E-state index in [1.807, 2.05) is 6.07 Å². The van der Waals surface area contributed by atoms with Crippen LogP contribution in [0.1, 0.15) is 18.0 Å². The molecule has 4 heteroatoms. The summed E-state index contributed by atoms with van der Waals surface area (Å²) >= 11 is 0. The van der Waals surface area contributed by atoms with E-state index in [2.05, 4.69) is 0 Å². The number of ether oxygens (including phenoxy) is 1. The summed E-state index contributed by atoms with van der Waals surface area (Å²) < 4.78 is 5.33. The first-order valence-corrected chi connectivity index (χ1v) is 3.98. The molecule has 0 unspecified atom stereocenters. The Kier molecular flexibility index (Phi) is 3.01. The quantitative estimate of drug-likeness (QED) is 0.671. The second-order valence-electron chi connectivity index (χ2n) is 2.97. The molecule has 1 aromatic rings. The zero-order chi connectivity index (χ0) is 8.55. The van der Waals surface area contributed by atoms with E-state index in [1.165, 1.54) is 0 Å². The minimum absolute atomic E-state index is 0. The van der Waals surface area contributed by atoms with Gasteiger partial charge < -0.3 is 15.6 Å². The lowest BCUT2D eigenvalue weighted by atomic mass is 10.0. The summed E-state index contributed by atoms with van der Waals surface area (Å²) in [6, 6.07) is 5.10. The number of halogens is 1. The summed E-state index contributed by atoms with van der Waals surface area (Å²) in [7, 11) is 0. The second kappa shape index (κ2) is 3.85. The largest absolute Gasteiger partial charge is 0.508 e. The van der Waals surface area contributed by atoms with E-state index in [-0.39, 0.29) is 24.2 Å². The molecule has 0 amide bonds. The van der Waals surface area contributed by atoms with Gasteiger partial charge in [0.1, 0.15) is 11.5 Å². The van der Waals surface area contributed by atoms with E-state index >= 15 is 0 Å². The number of phenolic OH excluding ortho intramolecular Hbond substituents is 1. The minimum atomic E-state index is 0. The van der Waals surface area contributed by atoms with Crippen molar-refractivity contribution in [2.24, 2.45) is 5.73 Å². The standard InChI is InChI=1S/C9H11NO2.ClH/c10-8-3-4-12-9-5-6(11)1-2-7(8)9;/h1-2,5,8,11H,3-4,10H2;1H/t8-;/m0./s1. The molecule has 13 heavy (non-hydrogen) atoms. The average Bonchev–Trinajstić information content (AvgIpc) is 2.04. The molecule has 0 aromatic heterocycles. The predicted molar refractivity (Wildman–Crippen MR) is 52.4 cm³/mol. The maximum absolute atomic E-state index is 9.15. The molecule has 1 aliphatic heterocycles. The van der Waals surface area contributed by atoms with Gasteiger partial charge in [0.2, 0.25) is 0 Å². The lowest BCUT2D eigenvalue weighted by Crippen LogP contribution is -2.20. The first-order valence-electron chi connectivity index (χ1n) is 3.98. The summed E-state index contributed by atoms with van der Waals surface area (Å²) in [5.41, 5.74) is 6.82. The minimum Gasteiger partial charge on any atom is -0.508 e. The Morgan fingerprint density at radius 3 is 3.00 bits per heavy atom. The number of aromatic hydroxyl groups is 1. The lowest BCUT2D eigenvalue weighted by Gasteiger charge is -2.22. The highest BCUT2D eigenvalue weighted by Crippen LogP contribution is 2.32. The summed E-state index contributed by atoms with van der Waals surface area (Å²) in [5.74, 6) is 0.941. The first kappa shape index (κ1) is 10.2. The number of rotatable bonds is 0. The van der Waals surface area contributed by atoms with Crippen molar-refractivity contribution in [1.82, 2.24) is 0 Å². The van der Waals surface area contributed by atoms with Crippen LogP contribution in [-0.4, -0.2) is 11.7 Å². The summed E-state index contributed by atoms with van der Waals surface area (Å²) in [6.07, 6.45) is 0.845. The fourth-order valence-electron chi connectivity index (χ4n) is 1.41. The Hall–Kier alpha value is -0.930. The van der Waals surface area contributed by atoms with Gasteiger partial charge in [-0.2, -0.15) is 0 Å². The van der Waals surface area contributed by atoms with E-state index in [9.17, 15) is 0 Å². The van der Waals surface area contributed by atoms with Gasteiger partial charge in [0.15, 0.2) is 0 Å². The molecule has 0 saturated heterocycles. The smallest absolute Gasteiger partial charge is 0.127 e. The Bertz CT molecular complexity index is 304. The van der Waals surface area contributed by atoms with Crippen LogP contribution >= 0.6 is 12.4 Å². The van der Waals surface area contributed by atoms with Gasteiger partial charge in [-0.3, -0.25) is 0 Å². The van der Waals surface area contributed by atoms with Crippen molar-refractivity contribution >= 4 is 12.4 Å². The molecular weight excluding hydrogens is 190 g/mol. The molecule has 0 fully saturated rings. The van der Waals surface area contributed by atoms with Crippen molar-refractivity contribution in [3.8, 4) is 11.5 Å². The zero-order valence-electron chi connectivity index (χ0n) is 7.06. The van der Waals surface area contributed by atoms with Crippen LogP contribution < -0.4 is 10.5 Å². The third-order valence-corrected chi connectivity index (χ3v) is 2.08. The summed E-state index contributed by atoms with van der Waals surface area (Å²) in [4.78, 5) is 0. The average molecular weight is 202 g/mol. The summed E-state index contributed by atoms with van der Waals surface area (Å²) in [6.45, 7) is 0.637. The number of phenols is 1. The number of nitrogens with two attached hydrogens (primary N) is 1. The molecule has 2 rings (SSSR count). The molecule has 3 N–H and O–H groups in total. The van der Waals surface area contributed by atoms with Crippen LogP contribution in [0.3, 0.4) is 0 Å². The first-order chi connectivity index (χ1) is 5.77. The summed E-state index contributed by atoms with van der Waals surface area (Å²) in [5, 5.41) is 9.15. The van der Waals surface area contributed by atoms with Gasteiger partial charge in [0.05, 0.1) is 6.61 Å². The van der Waals surface area contributed by atoms with Crippen LogP contribution in [0.2, 0.25) is 0 Å². The van der Waals surface area contributed by atoms with Crippen molar-refractivity contribution in [2.45, 2.75) is 12.5 Å². The maximum atomic E-state index is 9.15. The van der Waals surface area contributed by atoms with Gasteiger partial charge in [-0.1, -0.05) is 6.07 Å². The van der Waals surface area contributed by atoms with Crippen molar-refractivity contribution in [3.05, 3.63) is 23.8 Å². The molecule has 1 aromatic carbocycles. The molecule has 0 saturated carbocycles. The SMILES string of the molecule is Cl.N[C@H]1CCOc2cc(O)ccc21. The molecule has 72 valence electrons. The van der Waals surface area contributed by atoms with Crippen LogP contribution in [0.5, 0.6) is 11.5 Å². The third kappa shape index (κ3) is 1.87. The molecule has 0 spiro atoms. The van der Waals surface area contributed by atoms with Crippen LogP contribution in [0.4, 0.5) is 0 Å². The normalized spacial score (nSPS) is 19.6. The number of hydrogen-bond acceptors (Lipinski definition) is 3. The van der Waals surface area contributed by atoms with E-state index in [0.29, 0.717) is 12.4 Å². The molecule has 1 aliphatic rings. The Morgan fingerprint density at radius 1 is 1.46 bits per heavy atom. The molecule has 0 aliphatic carbocycles. The van der Waals surface area contributed by atoms with Crippen molar-refractivity contribution < 1.29 is 9.84 Å². The maximum Gasteiger partial charge on any atom is 0.127 e. The van der Waals surface area contributed by atoms with Gasteiger partial charge in [0.25, 0.3) is 0 Å². The highest BCUT2D eigenvalue weighted by Gasteiger charge is 2.17. The fourth-order valence-corrected chi connectivity index (χ4v) is 1.41. The van der Waals surface area contributed by atoms with Crippen LogP contribution in [-0.2, 0) is 0 Å². The van der Waals surface area contributed by atoms with Crippen LogP contribution in [0.25, 0.3) is 0 Å². The predicted octanol–water partition coefficient (Wildman–Crippen LogP) is 1.60. The molecule has 0 bridgehead atoms. The number of benzene rings is 1. The fraction of sp³-hybridized carbons (Fsp3) is 0.333. The molecule has 0 radical (unpaired) electrons. The Balaban J connectivity index is 0.000000845. The zero-order valence-corrected chi connectivity index (χ0v) is 7.88. The van der Waals surface area contributed by atoms with E-state index in [4.69, 9.17) is 15.6 Å². The van der Waals surface area contributed by atoms with Gasteiger partial charge in [-0.25, -0.2) is 0 Å². The Morgan fingerprint density at radius 2 is 2.23 bits per heavy atom. The lowest BCUT2D eigenvalue weighted by molar-refractivity contribution is 0.267. The van der Waals surface area contributed by atoms with E-state index in [0.717, 1.165) is 12.0 Å². The van der Waals surface area contributed by atoms with Crippen LogP contribution in [0.15, 0.2) is 18.2 Å². The van der Waals surface area contributed by atoms with Gasteiger partial charge in [-0.15, -0.1) is 12.4 Å². The molecule has 1 atom stereocenters. The van der Waals surface area contributed by atoms with Crippen LogP contribution in [0, 0.1) is 0 Å². The second-order valence-corrected chi connectivity index (χ2v) is 2.97. The third-order valence-electron chi connectivity index (χ3n) is 2.08. The highest BCUT2D eigenvalue weighted by atomic mass is 35.5. The van der Waals surface area contributed by atoms with Crippen molar-refractivity contribution in [2.75, 3.05) is 6.61 Å². The molecule has 1 heterocycles. The van der Waals surface area contributed by atoms with Crippen molar-refractivity contribution in [3.63, 3.8) is 0 Å². The van der Waals surface area contributed by atoms with E-state index < -0.39 is 0 Å². The highest BCUT2D eigenvalue weighted by molar-refractivity contribution is 5.85. The van der Waals surface area contributed by atoms with Gasteiger partial charge in [-0.05, 0) is 6.07 Å². The number of hydrogen-bond donors (Lipinski definition) is 2. The molecular formula is C9H12ClNO2. The van der Waals surface area contributed by atoms with Crippen molar-refractivity contribution in [1.29, 1.82) is 0 Å². The van der Waals surface area contributed by atoms with Gasteiger partial charge in [0, 0.05) is 24.1 Å². The topological polar surface area (TPSA) is 55.5 Å². The molecule has 3 nitrogen and oxygen atoms in total. The Labute approximate surface area is 82.9 Å².